The Morgan fingerprint density at radius 1 is 1.12 bits per heavy atom. The van der Waals surface area contributed by atoms with Crippen molar-refractivity contribution >= 4 is 0 Å². The van der Waals surface area contributed by atoms with Gasteiger partial charge in [0.15, 0.2) is 0 Å². The third kappa shape index (κ3) is 2.88. The largest absolute Gasteiger partial charge is 0.370 e. The molecule has 0 atom stereocenters. The van der Waals surface area contributed by atoms with Crippen LogP contribution in [-0.4, -0.2) is 37.3 Å². The Hall–Kier alpha value is -0.860. The Labute approximate surface area is 105 Å². The van der Waals surface area contributed by atoms with Crippen molar-refractivity contribution in [2.24, 2.45) is 0 Å². The van der Waals surface area contributed by atoms with Gasteiger partial charge in [0.25, 0.3) is 0 Å². The van der Waals surface area contributed by atoms with Gasteiger partial charge in [0.2, 0.25) is 0 Å². The van der Waals surface area contributed by atoms with E-state index in [1.807, 2.05) is 0 Å². The highest BCUT2D eigenvalue weighted by Crippen LogP contribution is 2.19. The van der Waals surface area contributed by atoms with E-state index in [2.05, 4.69) is 39.0 Å². The Kier molecular flexibility index (Phi) is 3.85. The van der Waals surface area contributed by atoms with Crippen LogP contribution in [0.25, 0.3) is 0 Å². The Balaban J connectivity index is 2.14. The van der Waals surface area contributed by atoms with Gasteiger partial charge < -0.3 is 9.22 Å². The normalized spacial score (nSPS) is 19.2. The van der Waals surface area contributed by atoms with Crippen LogP contribution in [0.1, 0.15) is 23.6 Å². The second-order valence-electron chi connectivity index (χ2n) is 5.29. The zero-order chi connectivity index (χ0) is 12.3. The Morgan fingerprint density at radius 3 is 2.41 bits per heavy atom. The number of hydrogen-bond acceptors (Lipinski definition) is 1. The molecule has 0 spiro atoms. The lowest BCUT2D eigenvalue weighted by molar-refractivity contribution is -0.946. The summed E-state index contributed by atoms with van der Waals surface area (Å²) >= 11 is 0. The summed E-state index contributed by atoms with van der Waals surface area (Å²) in [5.41, 5.74) is 4.26. The van der Waals surface area contributed by atoms with E-state index in [1.54, 1.807) is 0 Å². The van der Waals surface area contributed by atoms with Crippen molar-refractivity contribution in [3.05, 3.63) is 34.9 Å². The molecule has 1 fully saturated rings. The van der Waals surface area contributed by atoms with E-state index in [0.717, 1.165) is 32.8 Å². The lowest BCUT2D eigenvalue weighted by Gasteiger charge is -2.40. The predicted molar refractivity (Wildman–Crippen MR) is 71.0 cm³/mol. The third-order valence-corrected chi connectivity index (χ3v) is 4.18. The smallest absolute Gasteiger partial charge is 0.104 e. The van der Waals surface area contributed by atoms with Crippen LogP contribution < -0.4 is 0 Å². The van der Waals surface area contributed by atoms with Gasteiger partial charge in [-0.1, -0.05) is 18.2 Å². The summed E-state index contributed by atoms with van der Waals surface area (Å²) in [7, 11) is 0. The molecule has 1 aromatic carbocycles. The molecule has 17 heavy (non-hydrogen) atoms. The molecule has 2 heteroatoms. The van der Waals surface area contributed by atoms with Crippen molar-refractivity contribution in [3.63, 3.8) is 0 Å². The number of likely N-dealkylation sites (N-methyl/N-ethyl adjacent to an activating group) is 1. The molecule has 0 bridgehead atoms. The minimum absolute atomic E-state index is 0.915. The van der Waals surface area contributed by atoms with Crippen LogP contribution in [-0.2, 0) is 11.3 Å². The first-order valence-corrected chi connectivity index (χ1v) is 6.64. The van der Waals surface area contributed by atoms with Crippen molar-refractivity contribution in [1.82, 2.24) is 0 Å². The van der Waals surface area contributed by atoms with Crippen LogP contribution in [0.5, 0.6) is 0 Å². The number of morpholine rings is 1. The molecule has 0 unspecified atom stereocenters. The van der Waals surface area contributed by atoms with E-state index < -0.39 is 0 Å². The summed E-state index contributed by atoms with van der Waals surface area (Å²) in [6.07, 6.45) is 0. The van der Waals surface area contributed by atoms with Gasteiger partial charge in [-0.3, -0.25) is 0 Å². The van der Waals surface area contributed by atoms with Crippen LogP contribution in [0.15, 0.2) is 18.2 Å². The summed E-state index contributed by atoms with van der Waals surface area (Å²) < 4.78 is 6.67. The molecule has 0 radical (unpaired) electrons. The second-order valence-corrected chi connectivity index (χ2v) is 5.29. The average molecular weight is 234 g/mol. The van der Waals surface area contributed by atoms with E-state index in [0.29, 0.717) is 0 Å². The maximum atomic E-state index is 5.49. The van der Waals surface area contributed by atoms with E-state index >= 15 is 0 Å². The van der Waals surface area contributed by atoms with Gasteiger partial charge in [0, 0.05) is 5.56 Å². The van der Waals surface area contributed by atoms with Gasteiger partial charge >= 0.3 is 0 Å². The maximum Gasteiger partial charge on any atom is 0.104 e. The third-order valence-electron chi connectivity index (χ3n) is 4.18. The summed E-state index contributed by atoms with van der Waals surface area (Å²) in [6, 6.07) is 6.88. The van der Waals surface area contributed by atoms with Gasteiger partial charge in [-0.25, -0.2) is 0 Å². The quantitative estimate of drug-likeness (QED) is 0.731. The SMILES string of the molecule is CC[N+]1(Cc2ccc(C)c(C)c2)CCOCC1. The molecule has 0 amide bonds. The van der Waals surface area contributed by atoms with Crippen LogP contribution in [0.4, 0.5) is 0 Å². The number of hydrogen-bond donors (Lipinski definition) is 0. The van der Waals surface area contributed by atoms with Crippen LogP contribution in [0.3, 0.4) is 0 Å². The molecule has 0 saturated carbocycles. The monoisotopic (exact) mass is 234 g/mol. The van der Waals surface area contributed by atoms with Gasteiger partial charge in [0.05, 0.1) is 19.8 Å². The topological polar surface area (TPSA) is 9.23 Å². The Morgan fingerprint density at radius 2 is 1.82 bits per heavy atom. The molecule has 2 nitrogen and oxygen atoms in total. The van der Waals surface area contributed by atoms with E-state index in [4.69, 9.17) is 4.74 Å². The standard InChI is InChI=1S/C15H24NO/c1-4-16(7-9-17-10-8-16)12-15-6-5-13(2)14(3)11-15/h5-6,11H,4,7-10,12H2,1-3H3/q+1. The average Bonchev–Trinajstić information content (AvgIpc) is 2.35. The Bertz CT molecular complexity index is 381. The van der Waals surface area contributed by atoms with Crippen molar-refractivity contribution < 1.29 is 9.22 Å². The number of ether oxygens (including phenoxy) is 1. The lowest BCUT2D eigenvalue weighted by Crippen LogP contribution is -2.54. The zero-order valence-corrected chi connectivity index (χ0v) is 11.3. The maximum absolute atomic E-state index is 5.49. The first-order valence-electron chi connectivity index (χ1n) is 6.64. The number of nitrogens with zero attached hydrogens (tertiary/aromatic N) is 1. The molecule has 1 saturated heterocycles. The highest BCUT2D eigenvalue weighted by atomic mass is 16.5. The minimum Gasteiger partial charge on any atom is -0.370 e. The molecule has 2 rings (SSSR count). The fourth-order valence-corrected chi connectivity index (χ4v) is 2.61. The summed E-state index contributed by atoms with van der Waals surface area (Å²) in [5, 5.41) is 0. The fraction of sp³-hybridized carbons (Fsp3) is 0.600. The number of quaternary nitrogens is 1. The summed E-state index contributed by atoms with van der Waals surface area (Å²) in [4.78, 5) is 0. The van der Waals surface area contributed by atoms with Crippen molar-refractivity contribution in [2.45, 2.75) is 27.3 Å². The van der Waals surface area contributed by atoms with Crippen LogP contribution in [0.2, 0.25) is 0 Å². The number of benzene rings is 1. The molecular formula is C15H24NO+. The molecule has 1 aliphatic heterocycles. The van der Waals surface area contributed by atoms with Crippen LogP contribution in [0, 0.1) is 13.8 Å². The first kappa shape index (κ1) is 12.6. The van der Waals surface area contributed by atoms with Gasteiger partial charge in [-0.15, -0.1) is 0 Å². The van der Waals surface area contributed by atoms with E-state index in [-0.39, 0.29) is 0 Å². The highest BCUT2D eigenvalue weighted by molar-refractivity contribution is 5.29. The molecule has 0 N–H and O–H groups in total. The van der Waals surface area contributed by atoms with Crippen molar-refractivity contribution in [1.29, 1.82) is 0 Å². The van der Waals surface area contributed by atoms with Crippen LogP contribution >= 0.6 is 0 Å². The van der Waals surface area contributed by atoms with Crippen molar-refractivity contribution in [2.75, 3.05) is 32.8 Å². The molecule has 1 aromatic rings. The molecule has 0 aliphatic carbocycles. The minimum atomic E-state index is 0.915. The van der Waals surface area contributed by atoms with Gasteiger partial charge in [-0.05, 0) is 31.9 Å². The van der Waals surface area contributed by atoms with E-state index in [1.165, 1.54) is 27.7 Å². The molecular weight excluding hydrogens is 210 g/mol. The molecule has 1 heterocycles. The zero-order valence-electron chi connectivity index (χ0n) is 11.3. The number of rotatable bonds is 3. The van der Waals surface area contributed by atoms with Gasteiger partial charge in [0.1, 0.15) is 19.6 Å². The molecule has 1 aliphatic rings. The second kappa shape index (κ2) is 5.19. The summed E-state index contributed by atoms with van der Waals surface area (Å²) in [6.45, 7) is 13.2. The molecule has 94 valence electrons. The van der Waals surface area contributed by atoms with E-state index in [9.17, 15) is 0 Å². The first-order chi connectivity index (χ1) is 8.15. The highest BCUT2D eigenvalue weighted by Gasteiger charge is 2.28. The number of aryl methyl sites for hydroxylation is 2. The fourth-order valence-electron chi connectivity index (χ4n) is 2.61. The molecule has 0 aromatic heterocycles. The predicted octanol–water partition coefficient (Wildman–Crippen LogP) is 2.67. The van der Waals surface area contributed by atoms with Gasteiger partial charge in [-0.2, -0.15) is 0 Å². The van der Waals surface area contributed by atoms with Crippen molar-refractivity contribution in [3.8, 4) is 0 Å². The summed E-state index contributed by atoms with van der Waals surface area (Å²) in [5.74, 6) is 0. The lowest BCUT2D eigenvalue weighted by atomic mass is 10.0.